The minimum absolute atomic E-state index is 0.151. The largest absolute Gasteiger partial charge is 0.469 e. The zero-order chi connectivity index (χ0) is 17.2. The maximum atomic E-state index is 12.6. The van der Waals surface area contributed by atoms with Crippen molar-refractivity contribution < 1.29 is 19.1 Å². The zero-order valence-electron chi connectivity index (χ0n) is 13.9. The van der Waals surface area contributed by atoms with Crippen LogP contribution in [0.25, 0.3) is 0 Å². The lowest BCUT2D eigenvalue weighted by Gasteiger charge is -2.23. The number of rotatable bonds is 9. The third-order valence-corrected chi connectivity index (χ3v) is 3.56. The Kier molecular flexibility index (Phi) is 8.66. The highest BCUT2D eigenvalue weighted by Crippen LogP contribution is 2.17. The first-order valence-electron chi connectivity index (χ1n) is 7.68. The number of esters is 1. The molecule has 0 fully saturated rings. The zero-order valence-corrected chi connectivity index (χ0v) is 14.6. The number of carbonyl (C=O) groups excluding carboxylic acids is 2. The molecule has 0 saturated heterocycles. The summed E-state index contributed by atoms with van der Waals surface area (Å²) in [6.45, 7) is 5.27. The summed E-state index contributed by atoms with van der Waals surface area (Å²) in [4.78, 5) is 25.6. The standard InChI is InChI=1S/C17H24ClNO4/c1-13(2)23-12-6-10-19(11-9-16(20)22-3)17(21)14-7-4-5-8-15(14)18/h4-5,7-8,13H,6,9-12H2,1-3H3. The molecule has 0 heterocycles. The Labute approximate surface area is 142 Å². The fraction of sp³-hybridized carbons (Fsp3) is 0.529. The fourth-order valence-corrected chi connectivity index (χ4v) is 2.24. The van der Waals surface area contributed by atoms with Gasteiger partial charge in [-0.25, -0.2) is 0 Å². The van der Waals surface area contributed by atoms with E-state index in [0.29, 0.717) is 36.7 Å². The fourth-order valence-electron chi connectivity index (χ4n) is 2.02. The van der Waals surface area contributed by atoms with Crippen LogP contribution in [0.4, 0.5) is 0 Å². The minimum Gasteiger partial charge on any atom is -0.469 e. The van der Waals surface area contributed by atoms with Crippen molar-refractivity contribution in [1.82, 2.24) is 4.90 Å². The van der Waals surface area contributed by atoms with E-state index in [2.05, 4.69) is 4.74 Å². The minimum atomic E-state index is -0.347. The smallest absolute Gasteiger partial charge is 0.307 e. The highest BCUT2D eigenvalue weighted by molar-refractivity contribution is 6.33. The first-order chi connectivity index (χ1) is 11.0. The molecule has 0 aromatic heterocycles. The summed E-state index contributed by atoms with van der Waals surface area (Å²) in [5.41, 5.74) is 0.434. The number of carbonyl (C=O) groups is 2. The van der Waals surface area contributed by atoms with E-state index < -0.39 is 0 Å². The molecule has 0 N–H and O–H groups in total. The lowest BCUT2D eigenvalue weighted by atomic mass is 10.2. The van der Waals surface area contributed by atoms with Crippen molar-refractivity contribution in [1.29, 1.82) is 0 Å². The maximum Gasteiger partial charge on any atom is 0.307 e. The molecule has 6 heteroatoms. The van der Waals surface area contributed by atoms with Crippen LogP contribution in [0.3, 0.4) is 0 Å². The van der Waals surface area contributed by atoms with Gasteiger partial charge in [0.25, 0.3) is 5.91 Å². The number of halogens is 1. The van der Waals surface area contributed by atoms with Gasteiger partial charge in [-0.05, 0) is 32.4 Å². The van der Waals surface area contributed by atoms with Crippen LogP contribution in [-0.4, -0.2) is 49.7 Å². The molecule has 0 aliphatic rings. The third kappa shape index (κ3) is 7.01. The van der Waals surface area contributed by atoms with Gasteiger partial charge >= 0.3 is 5.97 Å². The molecule has 23 heavy (non-hydrogen) atoms. The van der Waals surface area contributed by atoms with E-state index in [0.717, 1.165) is 0 Å². The highest BCUT2D eigenvalue weighted by atomic mass is 35.5. The molecule has 0 aliphatic carbocycles. The quantitative estimate of drug-likeness (QED) is 0.511. The number of hydrogen-bond donors (Lipinski definition) is 0. The van der Waals surface area contributed by atoms with Gasteiger partial charge in [-0.3, -0.25) is 9.59 Å². The van der Waals surface area contributed by atoms with E-state index >= 15 is 0 Å². The van der Waals surface area contributed by atoms with Crippen molar-refractivity contribution in [3.05, 3.63) is 34.9 Å². The van der Waals surface area contributed by atoms with Gasteiger partial charge in [0.05, 0.1) is 30.2 Å². The van der Waals surface area contributed by atoms with Gasteiger partial charge in [0.1, 0.15) is 0 Å². The second-order valence-electron chi connectivity index (χ2n) is 5.37. The molecule has 0 bridgehead atoms. The average Bonchev–Trinajstić information content (AvgIpc) is 2.53. The molecule has 1 aromatic carbocycles. The van der Waals surface area contributed by atoms with Crippen LogP contribution in [0.2, 0.25) is 5.02 Å². The van der Waals surface area contributed by atoms with Gasteiger partial charge in [-0.2, -0.15) is 0 Å². The van der Waals surface area contributed by atoms with Crippen LogP contribution in [0.15, 0.2) is 24.3 Å². The highest BCUT2D eigenvalue weighted by Gasteiger charge is 2.19. The Bertz CT molecular complexity index is 519. The summed E-state index contributed by atoms with van der Waals surface area (Å²) in [6.07, 6.45) is 0.991. The predicted molar refractivity (Wildman–Crippen MR) is 89.7 cm³/mol. The first kappa shape index (κ1) is 19.5. The lowest BCUT2D eigenvalue weighted by Crippen LogP contribution is -2.35. The van der Waals surface area contributed by atoms with E-state index in [-0.39, 0.29) is 24.4 Å². The van der Waals surface area contributed by atoms with Crippen LogP contribution >= 0.6 is 11.6 Å². The maximum absolute atomic E-state index is 12.6. The van der Waals surface area contributed by atoms with E-state index in [9.17, 15) is 9.59 Å². The number of amides is 1. The number of methoxy groups -OCH3 is 1. The molecule has 0 spiro atoms. The summed E-state index contributed by atoms with van der Waals surface area (Å²) < 4.78 is 10.1. The van der Waals surface area contributed by atoms with Crippen LogP contribution in [0, 0.1) is 0 Å². The molecular formula is C17H24ClNO4. The Balaban J connectivity index is 2.71. The van der Waals surface area contributed by atoms with Crippen molar-refractivity contribution in [2.45, 2.75) is 32.8 Å². The Hall–Kier alpha value is -1.59. The molecule has 0 atom stereocenters. The topological polar surface area (TPSA) is 55.8 Å². The van der Waals surface area contributed by atoms with Gasteiger partial charge in [-0.1, -0.05) is 23.7 Å². The van der Waals surface area contributed by atoms with Crippen molar-refractivity contribution in [2.75, 3.05) is 26.8 Å². The Morgan fingerprint density at radius 1 is 1.22 bits per heavy atom. The van der Waals surface area contributed by atoms with Gasteiger partial charge in [0.2, 0.25) is 0 Å². The Morgan fingerprint density at radius 2 is 1.91 bits per heavy atom. The number of nitrogens with zero attached hydrogens (tertiary/aromatic N) is 1. The number of hydrogen-bond acceptors (Lipinski definition) is 4. The van der Waals surface area contributed by atoms with Crippen LogP contribution in [-0.2, 0) is 14.3 Å². The molecule has 1 aromatic rings. The molecular weight excluding hydrogens is 318 g/mol. The first-order valence-corrected chi connectivity index (χ1v) is 8.05. The summed E-state index contributed by atoms with van der Waals surface area (Å²) in [5, 5.41) is 0.402. The van der Waals surface area contributed by atoms with Crippen molar-refractivity contribution in [3.63, 3.8) is 0 Å². The monoisotopic (exact) mass is 341 g/mol. The number of benzene rings is 1. The van der Waals surface area contributed by atoms with Crippen molar-refractivity contribution >= 4 is 23.5 Å². The van der Waals surface area contributed by atoms with Crippen LogP contribution < -0.4 is 0 Å². The molecule has 128 valence electrons. The van der Waals surface area contributed by atoms with Crippen LogP contribution in [0.5, 0.6) is 0 Å². The van der Waals surface area contributed by atoms with Crippen LogP contribution in [0.1, 0.15) is 37.0 Å². The van der Waals surface area contributed by atoms with Gasteiger partial charge < -0.3 is 14.4 Å². The third-order valence-electron chi connectivity index (χ3n) is 3.23. The number of ether oxygens (including phenoxy) is 2. The molecule has 1 rings (SSSR count). The average molecular weight is 342 g/mol. The SMILES string of the molecule is COC(=O)CCN(CCCOC(C)C)C(=O)c1ccccc1Cl. The summed E-state index contributed by atoms with van der Waals surface area (Å²) >= 11 is 6.09. The molecule has 0 aliphatic heterocycles. The molecule has 1 amide bonds. The van der Waals surface area contributed by atoms with E-state index in [4.69, 9.17) is 16.3 Å². The second kappa shape index (κ2) is 10.2. The Morgan fingerprint density at radius 3 is 2.52 bits per heavy atom. The second-order valence-corrected chi connectivity index (χ2v) is 5.78. The van der Waals surface area contributed by atoms with Crippen molar-refractivity contribution in [3.8, 4) is 0 Å². The normalized spacial score (nSPS) is 10.7. The summed E-state index contributed by atoms with van der Waals surface area (Å²) in [5.74, 6) is -0.538. The molecule has 5 nitrogen and oxygen atoms in total. The van der Waals surface area contributed by atoms with Gasteiger partial charge in [0, 0.05) is 19.7 Å². The summed E-state index contributed by atoms with van der Waals surface area (Å²) in [7, 11) is 1.33. The predicted octanol–water partition coefficient (Wildman–Crippen LogP) is 3.16. The van der Waals surface area contributed by atoms with E-state index in [1.807, 2.05) is 13.8 Å². The summed E-state index contributed by atoms with van der Waals surface area (Å²) in [6, 6.07) is 6.89. The molecule has 0 unspecified atom stereocenters. The van der Waals surface area contributed by atoms with E-state index in [1.54, 1.807) is 29.2 Å². The van der Waals surface area contributed by atoms with Crippen molar-refractivity contribution in [2.24, 2.45) is 0 Å². The lowest BCUT2D eigenvalue weighted by molar-refractivity contribution is -0.140. The molecule has 0 radical (unpaired) electrons. The molecule has 0 saturated carbocycles. The van der Waals surface area contributed by atoms with Gasteiger partial charge in [0.15, 0.2) is 0 Å². The van der Waals surface area contributed by atoms with Gasteiger partial charge in [-0.15, -0.1) is 0 Å². The van der Waals surface area contributed by atoms with E-state index in [1.165, 1.54) is 7.11 Å².